The number of alkyl halides is 3. The molecule has 31 heavy (non-hydrogen) atoms. The Hall–Kier alpha value is -2.67. The van der Waals surface area contributed by atoms with E-state index in [0.29, 0.717) is 42.3 Å². The van der Waals surface area contributed by atoms with Gasteiger partial charge in [-0.15, -0.1) is 0 Å². The number of piperidine rings is 1. The van der Waals surface area contributed by atoms with Crippen molar-refractivity contribution in [2.45, 2.75) is 36.2 Å². The van der Waals surface area contributed by atoms with Gasteiger partial charge in [0.1, 0.15) is 5.82 Å². The number of rotatable bonds is 6. The van der Waals surface area contributed by atoms with Gasteiger partial charge in [-0.25, -0.2) is 24.7 Å². The fraction of sp³-hybridized carbons (Fsp3) is 0.500. The first-order chi connectivity index (χ1) is 14.7. The zero-order valence-electron chi connectivity index (χ0n) is 16.5. The predicted octanol–water partition coefficient (Wildman–Crippen LogP) is 3.01. The number of nitrogens with one attached hydrogen (secondary N) is 1. The van der Waals surface area contributed by atoms with Crippen LogP contribution in [-0.4, -0.2) is 67.0 Å². The molecule has 0 aromatic carbocycles. The molecule has 1 aliphatic rings. The van der Waals surface area contributed by atoms with Crippen molar-refractivity contribution < 1.29 is 28.2 Å². The second-order valence-corrected chi connectivity index (χ2v) is 7.67. The lowest BCUT2D eigenvalue weighted by Gasteiger charge is -2.31. The van der Waals surface area contributed by atoms with Gasteiger partial charge in [0.15, 0.2) is 5.16 Å². The summed E-state index contributed by atoms with van der Waals surface area (Å²) in [5, 5.41) is 23.0. The quantitative estimate of drug-likeness (QED) is 0.442. The van der Waals surface area contributed by atoms with Gasteiger partial charge in [-0.05, 0) is 25.2 Å². The average Bonchev–Trinajstić information content (AvgIpc) is 2.76. The smallest absolute Gasteiger partial charge is 0.451 e. The van der Waals surface area contributed by atoms with Crippen LogP contribution in [-0.2, 0) is 6.18 Å². The molecule has 168 valence electrons. The molecule has 0 bridgehead atoms. The first-order valence-corrected chi connectivity index (χ1v) is 10.6. The number of anilines is 1. The number of carboxylic acid groups (broad SMARTS) is 1. The maximum Gasteiger partial charge on any atom is 0.451 e. The molecular formula is C18H21F3N6O3S. The number of aromatic nitrogens is 4. The minimum atomic E-state index is -4.67. The molecule has 0 aliphatic carbocycles. The number of halogens is 3. The fourth-order valence-corrected chi connectivity index (χ4v) is 3.67. The highest BCUT2D eigenvalue weighted by Crippen LogP contribution is 2.33. The molecule has 2 aromatic heterocycles. The lowest BCUT2D eigenvalue weighted by molar-refractivity contribution is -0.144. The Kier molecular flexibility index (Phi) is 7.15. The number of aliphatic hydroxyl groups is 1. The summed E-state index contributed by atoms with van der Waals surface area (Å²) in [5.74, 6) is -1.41. The fourth-order valence-electron chi connectivity index (χ4n) is 3.32. The molecule has 1 amide bonds. The van der Waals surface area contributed by atoms with Gasteiger partial charge in [-0.2, -0.15) is 13.2 Å². The maximum absolute atomic E-state index is 12.8. The topological polar surface area (TPSA) is 124 Å². The molecule has 9 nitrogen and oxygen atoms in total. The van der Waals surface area contributed by atoms with E-state index in [1.807, 2.05) is 6.26 Å². The number of likely N-dealkylation sites (tertiary alicyclic amines) is 1. The summed E-state index contributed by atoms with van der Waals surface area (Å²) in [6, 6.07) is 1.28. The predicted molar refractivity (Wildman–Crippen MR) is 106 cm³/mol. The van der Waals surface area contributed by atoms with Gasteiger partial charge in [0.05, 0.1) is 11.8 Å². The Bertz CT molecular complexity index is 925. The molecule has 1 fully saturated rings. The van der Waals surface area contributed by atoms with E-state index < -0.39 is 24.2 Å². The zero-order valence-corrected chi connectivity index (χ0v) is 17.3. The van der Waals surface area contributed by atoms with Crippen LogP contribution < -0.4 is 5.32 Å². The van der Waals surface area contributed by atoms with E-state index in [-0.39, 0.29) is 18.3 Å². The minimum Gasteiger partial charge on any atom is -0.465 e. The van der Waals surface area contributed by atoms with Crippen LogP contribution in [0.4, 0.5) is 23.8 Å². The Morgan fingerprint density at radius 3 is 2.65 bits per heavy atom. The van der Waals surface area contributed by atoms with Crippen LogP contribution in [0.5, 0.6) is 0 Å². The molecular weight excluding hydrogens is 437 g/mol. The van der Waals surface area contributed by atoms with Crippen LogP contribution in [0.1, 0.15) is 41.9 Å². The van der Waals surface area contributed by atoms with E-state index in [0.717, 1.165) is 6.20 Å². The molecule has 3 rings (SSSR count). The van der Waals surface area contributed by atoms with E-state index >= 15 is 0 Å². The molecule has 2 aromatic rings. The third-order valence-electron chi connectivity index (χ3n) is 4.91. The van der Waals surface area contributed by atoms with Crippen molar-refractivity contribution in [2.24, 2.45) is 0 Å². The Morgan fingerprint density at radius 2 is 2.03 bits per heavy atom. The summed E-state index contributed by atoms with van der Waals surface area (Å²) in [7, 11) is 0. The molecule has 0 spiro atoms. The van der Waals surface area contributed by atoms with Gasteiger partial charge in [-0.3, -0.25) is 0 Å². The number of nitrogens with zero attached hydrogens (tertiary/aromatic N) is 5. The number of amides is 1. The molecule has 3 heterocycles. The third kappa shape index (κ3) is 5.73. The zero-order chi connectivity index (χ0) is 22.6. The van der Waals surface area contributed by atoms with Crippen molar-refractivity contribution in [1.29, 1.82) is 0 Å². The molecule has 3 N–H and O–H groups in total. The third-order valence-corrected chi connectivity index (χ3v) is 5.47. The van der Waals surface area contributed by atoms with Gasteiger partial charge in [-0.1, -0.05) is 11.8 Å². The van der Waals surface area contributed by atoms with Gasteiger partial charge < -0.3 is 20.4 Å². The second-order valence-electron chi connectivity index (χ2n) is 6.90. The highest BCUT2D eigenvalue weighted by atomic mass is 32.2. The molecule has 1 unspecified atom stereocenters. The second kappa shape index (κ2) is 9.64. The summed E-state index contributed by atoms with van der Waals surface area (Å²) in [5.41, 5.74) is 1.07. The number of carbonyl (C=O) groups is 1. The standard InChI is InChI=1S/C18H21F3N6O3S/c1-31-16-24-8-11(14(26-16)10-3-6-27(7-4-10)17(29)30)12(28)9-23-13-2-5-22-15(25-13)18(19,20)21/h2,5,8,10,12,28H,3-4,6-7,9H2,1H3,(H,29,30)(H,22,23,25). The molecule has 13 heteroatoms. The summed E-state index contributed by atoms with van der Waals surface area (Å²) in [4.78, 5) is 27.8. The lowest BCUT2D eigenvalue weighted by Crippen LogP contribution is -2.37. The van der Waals surface area contributed by atoms with E-state index in [2.05, 4.69) is 25.3 Å². The van der Waals surface area contributed by atoms with Crippen LogP contribution >= 0.6 is 11.8 Å². The van der Waals surface area contributed by atoms with Crippen LogP contribution in [0.3, 0.4) is 0 Å². The maximum atomic E-state index is 12.8. The number of hydrogen-bond donors (Lipinski definition) is 3. The van der Waals surface area contributed by atoms with Crippen LogP contribution in [0.15, 0.2) is 23.6 Å². The van der Waals surface area contributed by atoms with Crippen molar-refractivity contribution in [3.8, 4) is 0 Å². The van der Waals surface area contributed by atoms with Crippen molar-refractivity contribution >= 4 is 23.7 Å². The molecule has 1 saturated heterocycles. The van der Waals surface area contributed by atoms with E-state index in [4.69, 9.17) is 5.11 Å². The average molecular weight is 458 g/mol. The number of hydrogen-bond acceptors (Lipinski definition) is 8. The van der Waals surface area contributed by atoms with E-state index in [9.17, 15) is 23.1 Å². The Morgan fingerprint density at radius 1 is 1.32 bits per heavy atom. The molecule has 1 atom stereocenters. The van der Waals surface area contributed by atoms with Crippen molar-refractivity contribution in [3.05, 3.63) is 35.5 Å². The number of aliphatic hydroxyl groups excluding tert-OH is 1. The highest BCUT2D eigenvalue weighted by Gasteiger charge is 2.34. The molecule has 0 saturated carbocycles. The van der Waals surface area contributed by atoms with Crippen molar-refractivity contribution in [3.63, 3.8) is 0 Å². The minimum absolute atomic E-state index is 0.0648. The van der Waals surface area contributed by atoms with E-state index in [1.54, 1.807) is 0 Å². The summed E-state index contributed by atoms with van der Waals surface area (Å²) in [6.07, 6.45) is -1.34. The van der Waals surface area contributed by atoms with Gasteiger partial charge in [0.25, 0.3) is 0 Å². The lowest BCUT2D eigenvalue weighted by atomic mass is 9.89. The van der Waals surface area contributed by atoms with Crippen LogP contribution in [0.2, 0.25) is 0 Å². The summed E-state index contributed by atoms with van der Waals surface area (Å²) in [6.45, 7) is 0.596. The van der Waals surface area contributed by atoms with Crippen molar-refractivity contribution in [1.82, 2.24) is 24.8 Å². The van der Waals surface area contributed by atoms with Crippen LogP contribution in [0.25, 0.3) is 0 Å². The largest absolute Gasteiger partial charge is 0.465 e. The number of thioether (sulfide) groups is 1. The summed E-state index contributed by atoms with van der Waals surface area (Å²) < 4.78 is 38.3. The molecule has 0 radical (unpaired) electrons. The van der Waals surface area contributed by atoms with Gasteiger partial charge in [0, 0.05) is 43.5 Å². The van der Waals surface area contributed by atoms with Gasteiger partial charge in [0.2, 0.25) is 5.82 Å². The summed E-state index contributed by atoms with van der Waals surface area (Å²) >= 11 is 1.34. The Balaban J connectivity index is 1.75. The molecule has 1 aliphatic heterocycles. The first-order valence-electron chi connectivity index (χ1n) is 9.40. The first kappa shape index (κ1) is 23.0. The van der Waals surface area contributed by atoms with E-state index in [1.165, 1.54) is 28.9 Å². The van der Waals surface area contributed by atoms with Gasteiger partial charge >= 0.3 is 12.3 Å². The highest BCUT2D eigenvalue weighted by molar-refractivity contribution is 7.98. The van der Waals surface area contributed by atoms with Crippen LogP contribution in [0, 0.1) is 0 Å². The Labute approximate surface area is 180 Å². The SMILES string of the molecule is CSc1ncc(C(O)CNc2ccnc(C(F)(F)F)n2)c(C2CCN(C(=O)O)CC2)n1. The normalized spacial score (nSPS) is 16.2. The van der Waals surface area contributed by atoms with Crippen molar-refractivity contribution in [2.75, 3.05) is 31.2 Å². The monoisotopic (exact) mass is 458 g/mol.